The molecular formula is C18H31IN4O2. The molecule has 1 saturated carbocycles. The minimum Gasteiger partial charge on any atom is -0.459 e. The number of amides is 1. The van der Waals surface area contributed by atoms with Crippen molar-refractivity contribution in [2.45, 2.75) is 39.0 Å². The number of carbonyl (C=O) groups excluding carboxylic acids is 1. The summed E-state index contributed by atoms with van der Waals surface area (Å²) in [5, 5.41) is 9.36. The van der Waals surface area contributed by atoms with Crippen molar-refractivity contribution in [3.8, 4) is 0 Å². The third-order valence-corrected chi connectivity index (χ3v) is 4.56. The van der Waals surface area contributed by atoms with Crippen molar-refractivity contribution in [2.75, 3.05) is 26.7 Å². The van der Waals surface area contributed by atoms with Crippen LogP contribution in [0.15, 0.2) is 27.8 Å². The number of nitrogens with zero attached hydrogens (tertiary/aromatic N) is 1. The van der Waals surface area contributed by atoms with Gasteiger partial charge in [-0.3, -0.25) is 9.79 Å². The summed E-state index contributed by atoms with van der Waals surface area (Å²) in [4.78, 5) is 15.9. The monoisotopic (exact) mass is 462 g/mol. The van der Waals surface area contributed by atoms with Gasteiger partial charge in [-0.1, -0.05) is 26.2 Å². The maximum atomic E-state index is 11.7. The zero-order chi connectivity index (χ0) is 17.2. The van der Waals surface area contributed by atoms with Crippen LogP contribution >= 0.6 is 24.0 Å². The minimum atomic E-state index is -0.198. The lowest BCUT2D eigenvalue weighted by Gasteiger charge is -2.26. The smallest absolute Gasteiger partial charge is 0.287 e. The molecule has 1 aliphatic carbocycles. The van der Waals surface area contributed by atoms with E-state index < -0.39 is 0 Å². The number of rotatable bonds is 7. The number of aliphatic imine (C=N–C) groups is 1. The summed E-state index contributed by atoms with van der Waals surface area (Å²) in [5.41, 5.74) is 0. The van der Waals surface area contributed by atoms with Crippen molar-refractivity contribution in [3.05, 3.63) is 24.2 Å². The van der Waals surface area contributed by atoms with Gasteiger partial charge in [-0.2, -0.15) is 0 Å². The van der Waals surface area contributed by atoms with Gasteiger partial charge in [0.2, 0.25) is 0 Å². The van der Waals surface area contributed by atoms with Gasteiger partial charge in [-0.25, -0.2) is 0 Å². The van der Waals surface area contributed by atoms with E-state index in [9.17, 15) is 4.79 Å². The molecule has 0 aromatic carbocycles. The zero-order valence-corrected chi connectivity index (χ0v) is 17.5. The first-order valence-corrected chi connectivity index (χ1v) is 8.95. The predicted octanol–water partition coefficient (Wildman–Crippen LogP) is 3.01. The van der Waals surface area contributed by atoms with Gasteiger partial charge in [0.25, 0.3) is 5.91 Å². The van der Waals surface area contributed by atoms with E-state index in [1.807, 2.05) is 0 Å². The first kappa shape index (κ1) is 21.8. The molecule has 6 nitrogen and oxygen atoms in total. The van der Waals surface area contributed by atoms with Gasteiger partial charge >= 0.3 is 0 Å². The first-order valence-electron chi connectivity index (χ1n) is 8.95. The number of halogens is 1. The van der Waals surface area contributed by atoms with Crippen LogP contribution in [-0.4, -0.2) is 38.5 Å². The molecule has 1 aromatic rings. The number of nitrogens with one attached hydrogen (secondary N) is 3. The van der Waals surface area contributed by atoms with Crippen molar-refractivity contribution in [1.29, 1.82) is 0 Å². The summed E-state index contributed by atoms with van der Waals surface area (Å²) in [7, 11) is 1.76. The highest BCUT2D eigenvalue weighted by Crippen LogP contribution is 2.30. The molecular weight excluding hydrogens is 431 g/mol. The molecule has 0 bridgehead atoms. The summed E-state index contributed by atoms with van der Waals surface area (Å²) < 4.78 is 5.04. The van der Waals surface area contributed by atoms with Crippen LogP contribution in [0.2, 0.25) is 0 Å². The molecule has 0 saturated heterocycles. The molecule has 3 N–H and O–H groups in total. The highest BCUT2D eigenvalue weighted by atomic mass is 127. The van der Waals surface area contributed by atoms with Crippen LogP contribution in [0.1, 0.15) is 49.6 Å². The van der Waals surface area contributed by atoms with Crippen molar-refractivity contribution < 1.29 is 9.21 Å². The molecule has 1 heterocycles. The average Bonchev–Trinajstić information content (AvgIpc) is 3.11. The maximum Gasteiger partial charge on any atom is 0.287 e. The Bertz CT molecular complexity index is 519. The van der Waals surface area contributed by atoms with Crippen LogP contribution in [0.25, 0.3) is 0 Å². The topological polar surface area (TPSA) is 78.7 Å². The molecule has 7 heteroatoms. The Hall–Kier alpha value is -1.25. The fourth-order valence-corrected chi connectivity index (χ4v) is 3.29. The summed E-state index contributed by atoms with van der Waals surface area (Å²) >= 11 is 0. The highest BCUT2D eigenvalue weighted by molar-refractivity contribution is 14.0. The van der Waals surface area contributed by atoms with E-state index in [2.05, 4.69) is 27.9 Å². The Balaban J connectivity index is 0.00000312. The predicted molar refractivity (Wildman–Crippen MR) is 112 cm³/mol. The highest BCUT2D eigenvalue weighted by Gasteiger charge is 2.18. The molecule has 25 heavy (non-hydrogen) atoms. The Morgan fingerprint density at radius 1 is 1.24 bits per heavy atom. The quantitative estimate of drug-likeness (QED) is 0.252. The van der Waals surface area contributed by atoms with Crippen molar-refractivity contribution in [1.82, 2.24) is 16.0 Å². The van der Waals surface area contributed by atoms with Crippen LogP contribution in [0.3, 0.4) is 0 Å². The summed E-state index contributed by atoms with van der Waals surface area (Å²) in [5.74, 6) is 2.63. The van der Waals surface area contributed by atoms with Gasteiger partial charge in [0.05, 0.1) is 6.26 Å². The molecule has 142 valence electrons. The zero-order valence-electron chi connectivity index (χ0n) is 15.2. The number of guanidine groups is 1. The normalized spacial score (nSPS) is 20.5. The Morgan fingerprint density at radius 3 is 2.68 bits per heavy atom. The van der Waals surface area contributed by atoms with Crippen LogP contribution in [-0.2, 0) is 0 Å². The Labute approximate surface area is 167 Å². The minimum absolute atomic E-state index is 0. The van der Waals surface area contributed by atoms with E-state index in [4.69, 9.17) is 4.42 Å². The van der Waals surface area contributed by atoms with Crippen LogP contribution in [0.5, 0.6) is 0 Å². The summed E-state index contributed by atoms with van der Waals surface area (Å²) in [6, 6.07) is 3.35. The van der Waals surface area contributed by atoms with Gasteiger partial charge in [0.15, 0.2) is 11.7 Å². The third kappa shape index (κ3) is 8.11. The molecule has 0 aliphatic heterocycles. The molecule has 1 amide bonds. The van der Waals surface area contributed by atoms with Crippen molar-refractivity contribution in [3.63, 3.8) is 0 Å². The molecule has 2 unspecified atom stereocenters. The fraction of sp³-hybridized carbons (Fsp3) is 0.667. The largest absolute Gasteiger partial charge is 0.459 e. The van der Waals surface area contributed by atoms with Crippen LogP contribution < -0.4 is 16.0 Å². The second-order valence-electron chi connectivity index (χ2n) is 6.59. The fourth-order valence-electron chi connectivity index (χ4n) is 3.29. The van der Waals surface area contributed by atoms with Crippen LogP contribution in [0.4, 0.5) is 0 Å². The molecule has 0 radical (unpaired) electrons. The lowest BCUT2D eigenvalue weighted by molar-refractivity contribution is 0.0926. The van der Waals surface area contributed by atoms with Gasteiger partial charge in [-0.05, 0) is 36.8 Å². The SMILES string of the molecule is CN=C(NCCNC(=O)c1ccco1)NCCC1CCCC(C)C1.I. The average molecular weight is 462 g/mol. The van der Waals surface area contributed by atoms with E-state index >= 15 is 0 Å². The summed E-state index contributed by atoms with van der Waals surface area (Å²) in [6.45, 7) is 4.43. The molecule has 2 atom stereocenters. The second-order valence-corrected chi connectivity index (χ2v) is 6.59. The number of hydrogen-bond donors (Lipinski definition) is 3. The number of furan rings is 1. The van der Waals surface area contributed by atoms with Gasteiger partial charge in [0.1, 0.15) is 0 Å². The number of carbonyl (C=O) groups is 1. The van der Waals surface area contributed by atoms with Crippen molar-refractivity contribution >= 4 is 35.8 Å². The van der Waals surface area contributed by atoms with E-state index in [0.29, 0.717) is 18.8 Å². The molecule has 1 aliphatic rings. The maximum absolute atomic E-state index is 11.7. The lowest BCUT2D eigenvalue weighted by atomic mass is 9.81. The first-order chi connectivity index (χ1) is 11.7. The third-order valence-electron chi connectivity index (χ3n) is 4.56. The van der Waals surface area contributed by atoms with E-state index in [1.54, 1.807) is 19.2 Å². The standard InChI is InChI=1S/C18H30N4O2.HI/c1-14-5-3-6-15(13-14)8-9-21-18(19-2)22-11-10-20-17(23)16-7-4-12-24-16;/h4,7,12,14-15H,3,5-6,8-11,13H2,1-2H3,(H,20,23)(H2,19,21,22);1H. The van der Waals surface area contributed by atoms with E-state index in [0.717, 1.165) is 24.3 Å². The number of hydrogen-bond acceptors (Lipinski definition) is 3. The lowest BCUT2D eigenvalue weighted by Crippen LogP contribution is -2.42. The molecule has 2 rings (SSSR count). The van der Waals surface area contributed by atoms with E-state index in [-0.39, 0.29) is 29.9 Å². The molecule has 0 spiro atoms. The Morgan fingerprint density at radius 2 is 2.00 bits per heavy atom. The molecule has 1 fully saturated rings. The van der Waals surface area contributed by atoms with Crippen LogP contribution in [0, 0.1) is 11.8 Å². The van der Waals surface area contributed by atoms with Gasteiger partial charge < -0.3 is 20.4 Å². The van der Waals surface area contributed by atoms with Gasteiger partial charge in [0, 0.05) is 26.7 Å². The Kier molecular flexibility index (Phi) is 10.6. The van der Waals surface area contributed by atoms with E-state index in [1.165, 1.54) is 38.4 Å². The molecule has 1 aromatic heterocycles. The summed E-state index contributed by atoms with van der Waals surface area (Å²) in [6.07, 6.45) is 8.15. The second kappa shape index (κ2) is 12.2. The van der Waals surface area contributed by atoms with Gasteiger partial charge in [-0.15, -0.1) is 24.0 Å². The van der Waals surface area contributed by atoms with Crippen molar-refractivity contribution in [2.24, 2.45) is 16.8 Å².